The molecule has 1 aromatic heterocycles. The Hall–Kier alpha value is -3.62. The summed E-state index contributed by atoms with van der Waals surface area (Å²) in [7, 11) is 3.15. The number of aromatic nitrogens is 4. The third-order valence-corrected chi connectivity index (χ3v) is 3.96. The molecule has 0 aliphatic carbocycles. The summed E-state index contributed by atoms with van der Waals surface area (Å²) < 4.78 is 12.0. The Morgan fingerprint density at radius 2 is 1.93 bits per heavy atom. The van der Waals surface area contributed by atoms with Gasteiger partial charge in [0.1, 0.15) is 6.33 Å². The highest BCUT2D eigenvalue weighted by Gasteiger charge is 2.08. The summed E-state index contributed by atoms with van der Waals surface area (Å²) in [6.45, 7) is 2.29. The molecule has 27 heavy (non-hydrogen) atoms. The van der Waals surface area contributed by atoms with E-state index in [2.05, 4.69) is 26.2 Å². The second-order valence-electron chi connectivity index (χ2n) is 5.75. The average Bonchev–Trinajstić information content (AvgIpc) is 3.22. The van der Waals surface area contributed by atoms with Crippen LogP contribution in [-0.4, -0.2) is 40.5 Å². The van der Waals surface area contributed by atoms with E-state index >= 15 is 0 Å². The number of urea groups is 1. The van der Waals surface area contributed by atoms with Gasteiger partial charge >= 0.3 is 6.03 Å². The number of hydrogen-bond acceptors (Lipinski definition) is 6. The van der Waals surface area contributed by atoms with E-state index in [-0.39, 0.29) is 6.03 Å². The van der Waals surface area contributed by atoms with Crippen molar-refractivity contribution in [3.8, 4) is 17.2 Å². The number of tetrazole rings is 1. The van der Waals surface area contributed by atoms with Crippen molar-refractivity contribution in [3.63, 3.8) is 0 Å². The van der Waals surface area contributed by atoms with Gasteiger partial charge in [-0.05, 0) is 52.7 Å². The summed E-state index contributed by atoms with van der Waals surface area (Å²) in [5.74, 6) is 1.25. The number of benzene rings is 2. The molecule has 0 atom stereocenters. The number of hydrogen-bond donors (Lipinski definition) is 2. The van der Waals surface area contributed by atoms with E-state index in [1.165, 1.54) is 6.33 Å². The van der Waals surface area contributed by atoms with Crippen molar-refractivity contribution in [3.05, 3.63) is 53.9 Å². The van der Waals surface area contributed by atoms with Crippen molar-refractivity contribution in [1.29, 1.82) is 0 Å². The van der Waals surface area contributed by atoms with Crippen LogP contribution in [0.4, 0.5) is 10.5 Å². The van der Waals surface area contributed by atoms with Crippen LogP contribution < -0.4 is 20.1 Å². The van der Waals surface area contributed by atoms with Gasteiger partial charge < -0.3 is 20.1 Å². The van der Waals surface area contributed by atoms with Crippen molar-refractivity contribution in [2.75, 3.05) is 19.5 Å². The van der Waals surface area contributed by atoms with Crippen molar-refractivity contribution < 1.29 is 14.3 Å². The van der Waals surface area contributed by atoms with Crippen molar-refractivity contribution >= 4 is 11.7 Å². The number of rotatable bonds is 6. The number of nitrogens with one attached hydrogen (secondary N) is 2. The predicted molar refractivity (Wildman–Crippen MR) is 99.3 cm³/mol. The third-order valence-electron chi connectivity index (χ3n) is 3.96. The van der Waals surface area contributed by atoms with E-state index in [1.807, 2.05) is 37.3 Å². The largest absolute Gasteiger partial charge is 0.493 e. The van der Waals surface area contributed by atoms with Gasteiger partial charge in [0.05, 0.1) is 19.9 Å². The molecule has 0 fully saturated rings. The highest BCUT2D eigenvalue weighted by atomic mass is 16.5. The zero-order valence-electron chi connectivity index (χ0n) is 15.3. The Kier molecular flexibility index (Phi) is 5.50. The molecule has 9 heteroatoms. The first kappa shape index (κ1) is 18.2. The standard InChI is InChI=1S/C18H20N6O3/c1-12-4-6-14(9-15(12)24-11-20-22-23-24)21-18(25)19-10-13-5-7-16(26-2)17(8-13)27-3/h4-9,11H,10H2,1-3H3,(H2,19,21,25). The van der Waals surface area contributed by atoms with Gasteiger partial charge in [-0.3, -0.25) is 0 Å². The maximum atomic E-state index is 12.2. The van der Waals surface area contributed by atoms with Crippen LogP contribution in [0.25, 0.3) is 5.69 Å². The molecule has 2 N–H and O–H groups in total. The van der Waals surface area contributed by atoms with Gasteiger partial charge in [0.15, 0.2) is 11.5 Å². The summed E-state index contributed by atoms with van der Waals surface area (Å²) in [5, 5.41) is 16.8. The van der Waals surface area contributed by atoms with Crippen LogP contribution in [0.3, 0.4) is 0 Å². The fraction of sp³-hybridized carbons (Fsp3) is 0.222. The molecule has 0 unspecified atom stereocenters. The zero-order valence-corrected chi connectivity index (χ0v) is 15.3. The van der Waals surface area contributed by atoms with E-state index < -0.39 is 0 Å². The van der Waals surface area contributed by atoms with Crippen molar-refractivity contribution in [2.45, 2.75) is 13.5 Å². The van der Waals surface area contributed by atoms with E-state index in [1.54, 1.807) is 25.0 Å². The van der Waals surface area contributed by atoms with Crippen molar-refractivity contribution in [2.24, 2.45) is 0 Å². The molecule has 3 aromatic rings. The number of carbonyl (C=O) groups is 1. The summed E-state index contributed by atoms with van der Waals surface area (Å²) in [6.07, 6.45) is 1.50. The normalized spacial score (nSPS) is 10.3. The molecule has 0 bridgehead atoms. The summed E-state index contributed by atoms with van der Waals surface area (Å²) in [6, 6.07) is 10.7. The van der Waals surface area contributed by atoms with Crippen LogP contribution >= 0.6 is 0 Å². The maximum Gasteiger partial charge on any atom is 0.319 e. The summed E-state index contributed by atoms with van der Waals surface area (Å²) >= 11 is 0. The SMILES string of the molecule is COc1ccc(CNC(=O)Nc2ccc(C)c(-n3cnnn3)c2)cc1OC. The van der Waals surface area contributed by atoms with E-state index in [9.17, 15) is 4.79 Å². The average molecular weight is 368 g/mol. The number of carbonyl (C=O) groups excluding carboxylic acids is 1. The van der Waals surface area contributed by atoms with Crippen LogP contribution in [-0.2, 0) is 6.54 Å². The maximum absolute atomic E-state index is 12.2. The molecule has 0 radical (unpaired) electrons. The number of amides is 2. The first-order valence-electron chi connectivity index (χ1n) is 8.20. The first-order valence-corrected chi connectivity index (χ1v) is 8.20. The number of nitrogens with zero attached hydrogens (tertiary/aromatic N) is 4. The second-order valence-corrected chi connectivity index (χ2v) is 5.75. The molecule has 0 aliphatic heterocycles. The van der Waals surface area contributed by atoms with Crippen LogP contribution in [0.5, 0.6) is 11.5 Å². The Morgan fingerprint density at radius 3 is 2.63 bits per heavy atom. The molecule has 2 amide bonds. The number of aryl methyl sites for hydroxylation is 1. The predicted octanol–water partition coefficient (Wildman–Crippen LogP) is 2.31. The molecular formula is C18H20N6O3. The molecule has 140 valence electrons. The van der Waals surface area contributed by atoms with Gasteiger partial charge in [0.2, 0.25) is 0 Å². The zero-order chi connectivity index (χ0) is 19.2. The topological polar surface area (TPSA) is 103 Å². The molecular weight excluding hydrogens is 348 g/mol. The Balaban J connectivity index is 1.64. The van der Waals surface area contributed by atoms with Crippen LogP contribution in [0, 0.1) is 6.92 Å². The molecule has 0 saturated carbocycles. The third kappa shape index (κ3) is 4.32. The number of anilines is 1. The monoisotopic (exact) mass is 368 g/mol. The fourth-order valence-electron chi connectivity index (χ4n) is 2.55. The van der Waals surface area contributed by atoms with Crippen LogP contribution in [0.2, 0.25) is 0 Å². The Bertz CT molecular complexity index is 927. The number of methoxy groups -OCH3 is 2. The lowest BCUT2D eigenvalue weighted by molar-refractivity contribution is 0.251. The molecule has 3 rings (SSSR count). The summed E-state index contributed by atoms with van der Waals surface area (Å²) in [4.78, 5) is 12.2. The van der Waals surface area contributed by atoms with E-state index in [4.69, 9.17) is 9.47 Å². The first-order chi connectivity index (χ1) is 13.1. The lowest BCUT2D eigenvalue weighted by atomic mass is 10.2. The van der Waals surface area contributed by atoms with Crippen LogP contribution in [0.15, 0.2) is 42.7 Å². The molecule has 2 aromatic carbocycles. The van der Waals surface area contributed by atoms with E-state index in [0.717, 1.165) is 16.8 Å². The second kappa shape index (κ2) is 8.17. The van der Waals surface area contributed by atoms with Gasteiger partial charge in [-0.25, -0.2) is 9.48 Å². The van der Waals surface area contributed by atoms with Gasteiger partial charge in [0, 0.05) is 12.2 Å². The minimum absolute atomic E-state index is 0.323. The Labute approximate surface area is 156 Å². The lowest BCUT2D eigenvalue weighted by Crippen LogP contribution is -2.28. The van der Waals surface area contributed by atoms with Gasteiger partial charge in [-0.1, -0.05) is 12.1 Å². The van der Waals surface area contributed by atoms with Crippen molar-refractivity contribution in [1.82, 2.24) is 25.5 Å². The minimum atomic E-state index is -0.323. The minimum Gasteiger partial charge on any atom is -0.493 e. The van der Waals surface area contributed by atoms with Gasteiger partial charge in [-0.15, -0.1) is 5.10 Å². The highest BCUT2D eigenvalue weighted by molar-refractivity contribution is 5.89. The molecule has 0 spiro atoms. The quantitative estimate of drug-likeness (QED) is 0.692. The molecule has 9 nitrogen and oxygen atoms in total. The summed E-state index contributed by atoms with van der Waals surface area (Å²) in [5.41, 5.74) is 3.30. The van der Waals surface area contributed by atoms with Gasteiger partial charge in [0.25, 0.3) is 0 Å². The smallest absolute Gasteiger partial charge is 0.319 e. The Morgan fingerprint density at radius 1 is 1.11 bits per heavy atom. The highest BCUT2D eigenvalue weighted by Crippen LogP contribution is 2.27. The molecule has 1 heterocycles. The van der Waals surface area contributed by atoms with E-state index in [0.29, 0.717) is 23.7 Å². The fourth-order valence-corrected chi connectivity index (χ4v) is 2.55. The van der Waals surface area contributed by atoms with Gasteiger partial charge in [-0.2, -0.15) is 0 Å². The lowest BCUT2D eigenvalue weighted by Gasteiger charge is -2.12. The molecule has 0 saturated heterocycles. The number of ether oxygens (including phenoxy) is 2. The van der Waals surface area contributed by atoms with Crippen LogP contribution in [0.1, 0.15) is 11.1 Å². The molecule has 0 aliphatic rings.